The van der Waals surface area contributed by atoms with Gasteiger partial charge in [-0.2, -0.15) is 0 Å². The predicted molar refractivity (Wildman–Crippen MR) is 66.2 cm³/mol. The molecule has 0 aliphatic heterocycles. The molecule has 0 radical (unpaired) electrons. The lowest BCUT2D eigenvalue weighted by Gasteiger charge is -2.17. The topological polar surface area (TPSA) is 20.3 Å². The largest absolute Gasteiger partial charge is 0.304 e. The SMILES string of the molecule is CCN(CC)CCCCCCCC(C)=O. The molecule has 0 rings (SSSR count). The Morgan fingerprint density at radius 2 is 1.47 bits per heavy atom. The Kier molecular flexibility index (Phi) is 9.91. The molecule has 0 aliphatic rings. The first-order valence-electron chi connectivity index (χ1n) is 6.42. The highest BCUT2D eigenvalue weighted by molar-refractivity contribution is 5.75. The average molecular weight is 213 g/mol. The van der Waals surface area contributed by atoms with Crippen molar-refractivity contribution in [2.45, 2.75) is 59.3 Å². The third-order valence-electron chi connectivity index (χ3n) is 2.90. The lowest BCUT2D eigenvalue weighted by molar-refractivity contribution is -0.117. The summed E-state index contributed by atoms with van der Waals surface area (Å²) in [5.41, 5.74) is 0. The molecule has 0 spiro atoms. The number of ketones is 1. The number of rotatable bonds is 10. The second kappa shape index (κ2) is 10.2. The van der Waals surface area contributed by atoms with Gasteiger partial charge in [0.2, 0.25) is 0 Å². The van der Waals surface area contributed by atoms with E-state index in [-0.39, 0.29) is 0 Å². The molecule has 0 aromatic heterocycles. The maximum Gasteiger partial charge on any atom is 0.129 e. The van der Waals surface area contributed by atoms with E-state index in [1.54, 1.807) is 6.92 Å². The minimum absolute atomic E-state index is 0.332. The van der Waals surface area contributed by atoms with E-state index in [4.69, 9.17) is 0 Å². The molecule has 0 bridgehead atoms. The van der Waals surface area contributed by atoms with Gasteiger partial charge in [0.15, 0.2) is 0 Å². The zero-order valence-corrected chi connectivity index (χ0v) is 10.7. The van der Waals surface area contributed by atoms with Gasteiger partial charge in [-0.1, -0.05) is 33.1 Å². The fourth-order valence-electron chi connectivity index (χ4n) is 1.78. The summed E-state index contributed by atoms with van der Waals surface area (Å²) in [4.78, 5) is 13.2. The van der Waals surface area contributed by atoms with Gasteiger partial charge in [0.1, 0.15) is 5.78 Å². The molecule has 2 nitrogen and oxygen atoms in total. The first kappa shape index (κ1) is 14.6. The minimum atomic E-state index is 0.332. The van der Waals surface area contributed by atoms with Crippen LogP contribution in [0, 0.1) is 0 Å². The molecule has 0 fully saturated rings. The van der Waals surface area contributed by atoms with E-state index in [0.29, 0.717) is 5.78 Å². The van der Waals surface area contributed by atoms with Gasteiger partial charge in [0.25, 0.3) is 0 Å². The highest BCUT2D eigenvalue weighted by Crippen LogP contribution is 2.06. The molecule has 0 aliphatic carbocycles. The standard InChI is InChI=1S/C13H27NO/c1-4-14(5-2)12-10-8-6-7-9-11-13(3)15/h4-12H2,1-3H3. The van der Waals surface area contributed by atoms with Crippen molar-refractivity contribution >= 4 is 5.78 Å². The van der Waals surface area contributed by atoms with Gasteiger partial charge in [-0.15, -0.1) is 0 Å². The summed E-state index contributed by atoms with van der Waals surface area (Å²) >= 11 is 0. The summed E-state index contributed by atoms with van der Waals surface area (Å²) in [7, 11) is 0. The molecule has 0 N–H and O–H groups in total. The maximum atomic E-state index is 10.7. The van der Waals surface area contributed by atoms with Crippen LogP contribution in [0.1, 0.15) is 59.3 Å². The van der Waals surface area contributed by atoms with E-state index in [1.165, 1.54) is 45.3 Å². The van der Waals surface area contributed by atoms with E-state index < -0.39 is 0 Å². The van der Waals surface area contributed by atoms with Gasteiger partial charge in [-0.05, 0) is 39.4 Å². The normalized spacial score (nSPS) is 10.9. The summed E-state index contributed by atoms with van der Waals surface area (Å²) in [6, 6.07) is 0. The lowest BCUT2D eigenvalue weighted by atomic mass is 10.1. The molecule has 0 atom stereocenters. The van der Waals surface area contributed by atoms with E-state index in [9.17, 15) is 4.79 Å². The first-order chi connectivity index (χ1) is 7.20. The van der Waals surface area contributed by atoms with Crippen molar-refractivity contribution in [3.63, 3.8) is 0 Å². The van der Waals surface area contributed by atoms with Crippen LogP contribution in [0.3, 0.4) is 0 Å². The molecule has 0 aromatic rings. The number of nitrogens with zero attached hydrogens (tertiary/aromatic N) is 1. The van der Waals surface area contributed by atoms with E-state index in [1.807, 2.05) is 0 Å². The highest BCUT2D eigenvalue weighted by Gasteiger charge is 1.98. The third kappa shape index (κ3) is 9.92. The zero-order valence-electron chi connectivity index (χ0n) is 10.7. The van der Waals surface area contributed by atoms with Crippen LogP contribution in [0.25, 0.3) is 0 Å². The van der Waals surface area contributed by atoms with Crippen LogP contribution >= 0.6 is 0 Å². The zero-order chi connectivity index (χ0) is 11.5. The van der Waals surface area contributed by atoms with Crippen molar-refractivity contribution in [2.24, 2.45) is 0 Å². The third-order valence-corrected chi connectivity index (χ3v) is 2.90. The Balaban J connectivity index is 3.14. The molecule has 0 amide bonds. The Labute approximate surface area is 95.0 Å². The molecule has 0 saturated heterocycles. The summed E-state index contributed by atoms with van der Waals surface area (Å²) in [5, 5.41) is 0. The maximum absolute atomic E-state index is 10.7. The van der Waals surface area contributed by atoms with Crippen LogP contribution in [0.15, 0.2) is 0 Å². The number of hydrogen-bond donors (Lipinski definition) is 0. The Bertz CT molecular complexity index is 153. The monoisotopic (exact) mass is 213 g/mol. The Morgan fingerprint density at radius 3 is 2.00 bits per heavy atom. The molecule has 15 heavy (non-hydrogen) atoms. The molecule has 0 aromatic carbocycles. The van der Waals surface area contributed by atoms with Crippen molar-refractivity contribution in [2.75, 3.05) is 19.6 Å². The summed E-state index contributed by atoms with van der Waals surface area (Å²) in [6.07, 6.45) is 6.99. The first-order valence-corrected chi connectivity index (χ1v) is 6.42. The average Bonchev–Trinajstić information content (AvgIpc) is 2.22. The quantitative estimate of drug-likeness (QED) is 0.519. The van der Waals surface area contributed by atoms with Gasteiger partial charge >= 0.3 is 0 Å². The number of carbonyl (C=O) groups excluding carboxylic acids is 1. The smallest absolute Gasteiger partial charge is 0.129 e. The second-order valence-corrected chi connectivity index (χ2v) is 4.25. The highest BCUT2D eigenvalue weighted by atomic mass is 16.1. The molecule has 90 valence electrons. The van der Waals surface area contributed by atoms with Crippen LogP contribution in [-0.2, 0) is 4.79 Å². The van der Waals surface area contributed by atoms with Crippen LogP contribution in [-0.4, -0.2) is 30.3 Å². The van der Waals surface area contributed by atoms with Crippen LogP contribution in [0.5, 0.6) is 0 Å². The van der Waals surface area contributed by atoms with E-state index in [2.05, 4.69) is 18.7 Å². The summed E-state index contributed by atoms with van der Waals surface area (Å²) in [5.74, 6) is 0.332. The van der Waals surface area contributed by atoms with Crippen molar-refractivity contribution in [1.29, 1.82) is 0 Å². The van der Waals surface area contributed by atoms with Gasteiger partial charge in [0, 0.05) is 6.42 Å². The number of hydrogen-bond acceptors (Lipinski definition) is 2. The van der Waals surface area contributed by atoms with Crippen LogP contribution in [0.2, 0.25) is 0 Å². The van der Waals surface area contributed by atoms with E-state index in [0.717, 1.165) is 12.8 Å². The summed E-state index contributed by atoms with van der Waals surface area (Å²) < 4.78 is 0. The fourth-order valence-corrected chi connectivity index (χ4v) is 1.78. The van der Waals surface area contributed by atoms with Crippen molar-refractivity contribution < 1.29 is 4.79 Å². The molecular weight excluding hydrogens is 186 g/mol. The summed E-state index contributed by atoms with van der Waals surface area (Å²) in [6.45, 7) is 9.69. The van der Waals surface area contributed by atoms with Gasteiger partial charge in [-0.25, -0.2) is 0 Å². The number of Topliss-reactive ketones (excluding diaryl/α,β-unsaturated/α-hetero) is 1. The van der Waals surface area contributed by atoms with Gasteiger partial charge < -0.3 is 9.69 Å². The van der Waals surface area contributed by atoms with Gasteiger partial charge in [0.05, 0.1) is 0 Å². The molecule has 0 unspecified atom stereocenters. The van der Waals surface area contributed by atoms with Crippen LogP contribution in [0.4, 0.5) is 0 Å². The van der Waals surface area contributed by atoms with Crippen LogP contribution < -0.4 is 0 Å². The molecule has 0 saturated carbocycles. The predicted octanol–water partition coefficient (Wildman–Crippen LogP) is 3.26. The van der Waals surface area contributed by atoms with Gasteiger partial charge in [-0.3, -0.25) is 0 Å². The van der Waals surface area contributed by atoms with Crippen molar-refractivity contribution in [1.82, 2.24) is 4.90 Å². The second-order valence-electron chi connectivity index (χ2n) is 4.25. The minimum Gasteiger partial charge on any atom is -0.304 e. The fraction of sp³-hybridized carbons (Fsp3) is 0.923. The Hall–Kier alpha value is -0.370. The molecule has 0 heterocycles. The van der Waals surface area contributed by atoms with Crippen molar-refractivity contribution in [3.05, 3.63) is 0 Å². The molecule has 2 heteroatoms. The number of carbonyl (C=O) groups is 1. The Morgan fingerprint density at radius 1 is 0.933 bits per heavy atom. The number of unbranched alkanes of at least 4 members (excludes halogenated alkanes) is 4. The molecular formula is C13H27NO. The van der Waals surface area contributed by atoms with Crippen molar-refractivity contribution in [3.8, 4) is 0 Å². The lowest BCUT2D eigenvalue weighted by Crippen LogP contribution is -2.23. The van der Waals surface area contributed by atoms with E-state index >= 15 is 0 Å².